The monoisotopic (exact) mass is 86.1 g/mol. The molecule has 0 heterocycles. The molecule has 0 unspecified atom stereocenters. The maximum atomic E-state index is 8.41. The van der Waals surface area contributed by atoms with Crippen LogP contribution in [-0.2, 0) is 0 Å². The standard InChI is InChI=1S/C5H10O/c1-3-4-5(2)6/h4,6H,3H2,1-2H3. The molecule has 0 spiro atoms. The van der Waals surface area contributed by atoms with Crippen LogP contribution >= 0.6 is 0 Å². The third-order valence-electron chi connectivity index (χ3n) is 0.500. The second-order valence-corrected chi connectivity index (χ2v) is 1.25. The topological polar surface area (TPSA) is 20.2 Å². The van der Waals surface area contributed by atoms with E-state index >= 15 is 0 Å². The van der Waals surface area contributed by atoms with Crippen LogP contribution in [0.3, 0.4) is 0 Å². The van der Waals surface area contributed by atoms with E-state index in [-0.39, 0.29) is 0 Å². The lowest BCUT2D eigenvalue weighted by Gasteiger charge is -1.80. The van der Waals surface area contributed by atoms with Gasteiger partial charge >= 0.3 is 0 Å². The first-order valence-electron chi connectivity index (χ1n) is 2.13. The second kappa shape index (κ2) is 2.76. The lowest BCUT2D eigenvalue weighted by atomic mass is 10.4. The molecule has 0 bridgehead atoms. The first-order chi connectivity index (χ1) is 2.77. The molecule has 0 fully saturated rings. The Kier molecular flexibility index (Phi) is 2.55. The minimum absolute atomic E-state index is 0.414. The van der Waals surface area contributed by atoms with Crippen LogP contribution in [0.25, 0.3) is 0 Å². The van der Waals surface area contributed by atoms with Gasteiger partial charge in [-0.15, -0.1) is 0 Å². The van der Waals surface area contributed by atoms with Gasteiger partial charge < -0.3 is 5.11 Å². The Bertz CT molecular complexity index is 51.0. The summed E-state index contributed by atoms with van der Waals surface area (Å²) < 4.78 is 0. The highest BCUT2D eigenvalue weighted by Gasteiger charge is 1.70. The molecule has 0 amide bonds. The highest BCUT2D eigenvalue weighted by atomic mass is 16.3. The van der Waals surface area contributed by atoms with Crippen molar-refractivity contribution in [2.75, 3.05) is 0 Å². The summed E-state index contributed by atoms with van der Waals surface area (Å²) in [6.45, 7) is 3.66. The van der Waals surface area contributed by atoms with Crippen LogP contribution in [0.15, 0.2) is 11.8 Å². The second-order valence-electron chi connectivity index (χ2n) is 1.25. The van der Waals surface area contributed by atoms with E-state index in [4.69, 9.17) is 5.11 Å². The van der Waals surface area contributed by atoms with E-state index in [0.29, 0.717) is 5.76 Å². The Balaban J connectivity index is 3.14. The average Bonchev–Trinajstić information content (AvgIpc) is 1.35. The van der Waals surface area contributed by atoms with Crippen LogP contribution in [0.2, 0.25) is 0 Å². The molecule has 0 aliphatic heterocycles. The zero-order valence-corrected chi connectivity index (χ0v) is 4.23. The van der Waals surface area contributed by atoms with E-state index in [0.717, 1.165) is 6.42 Å². The third-order valence-corrected chi connectivity index (χ3v) is 0.500. The molecule has 1 N–H and O–H groups in total. The molecule has 0 aliphatic carbocycles. The Morgan fingerprint density at radius 3 is 2.33 bits per heavy atom. The zero-order valence-electron chi connectivity index (χ0n) is 4.23. The summed E-state index contributed by atoms with van der Waals surface area (Å²) in [6, 6.07) is 0. The number of hydrogen-bond donors (Lipinski definition) is 1. The van der Waals surface area contributed by atoms with Gasteiger partial charge in [0.1, 0.15) is 0 Å². The normalized spacial score (nSPS) is 12.0. The minimum Gasteiger partial charge on any atom is -0.513 e. The van der Waals surface area contributed by atoms with E-state index in [9.17, 15) is 0 Å². The summed E-state index contributed by atoms with van der Waals surface area (Å²) in [5.41, 5.74) is 0. The molecule has 0 aliphatic rings. The summed E-state index contributed by atoms with van der Waals surface area (Å²) >= 11 is 0. The summed E-state index contributed by atoms with van der Waals surface area (Å²) in [5.74, 6) is 0.414. The summed E-state index contributed by atoms with van der Waals surface area (Å²) in [5, 5.41) is 8.41. The molecule has 0 atom stereocenters. The van der Waals surface area contributed by atoms with Crippen LogP contribution in [0.5, 0.6) is 0 Å². The third kappa shape index (κ3) is 3.54. The van der Waals surface area contributed by atoms with E-state index in [2.05, 4.69) is 0 Å². The van der Waals surface area contributed by atoms with Crippen LogP contribution in [-0.4, -0.2) is 5.11 Å². The molecule has 0 rings (SSSR count). The maximum absolute atomic E-state index is 8.41. The lowest BCUT2D eigenvalue weighted by Crippen LogP contribution is -1.64. The molecule has 0 aromatic heterocycles. The predicted molar refractivity (Wildman–Crippen MR) is 26.7 cm³/mol. The highest BCUT2D eigenvalue weighted by molar-refractivity contribution is 4.83. The van der Waals surface area contributed by atoms with Gasteiger partial charge in [-0.25, -0.2) is 0 Å². The number of aliphatic hydroxyl groups is 1. The van der Waals surface area contributed by atoms with E-state index in [1.165, 1.54) is 0 Å². The van der Waals surface area contributed by atoms with Gasteiger partial charge in [-0.05, 0) is 19.4 Å². The molecule has 0 saturated heterocycles. The largest absolute Gasteiger partial charge is 0.513 e. The molecule has 0 aromatic carbocycles. The fourth-order valence-corrected chi connectivity index (χ4v) is 0.295. The smallest absolute Gasteiger partial charge is 0.0851 e. The Morgan fingerprint density at radius 2 is 2.33 bits per heavy atom. The number of hydrogen-bond acceptors (Lipinski definition) is 1. The number of aliphatic hydroxyl groups excluding tert-OH is 1. The van der Waals surface area contributed by atoms with E-state index in [1.54, 1.807) is 13.0 Å². The minimum atomic E-state index is 0.414. The average molecular weight is 86.1 g/mol. The molecular formula is C5H10O. The molecular weight excluding hydrogens is 76.1 g/mol. The van der Waals surface area contributed by atoms with Crippen molar-refractivity contribution in [1.82, 2.24) is 0 Å². The van der Waals surface area contributed by atoms with Crippen molar-refractivity contribution < 1.29 is 5.11 Å². The molecule has 6 heavy (non-hydrogen) atoms. The van der Waals surface area contributed by atoms with Gasteiger partial charge in [0, 0.05) is 0 Å². The van der Waals surface area contributed by atoms with Crippen LogP contribution in [0.1, 0.15) is 20.3 Å². The zero-order chi connectivity index (χ0) is 4.99. The molecule has 0 aromatic rings. The molecule has 36 valence electrons. The number of rotatable bonds is 1. The van der Waals surface area contributed by atoms with Gasteiger partial charge in [0.05, 0.1) is 5.76 Å². The highest BCUT2D eigenvalue weighted by Crippen LogP contribution is 1.85. The first-order valence-corrected chi connectivity index (χ1v) is 2.13. The van der Waals surface area contributed by atoms with Crippen molar-refractivity contribution in [3.8, 4) is 0 Å². The summed E-state index contributed by atoms with van der Waals surface area (Å²) in [6.07, 6.45) is 2.68. The van der Waals surface area contributed by atoms with Crippen molar-refractivity contribution >= 4 is 0 Å². The Morgan fingerprint density at radius 1 is 1.83 bits per heavy atom. The Labute approximate surface area is 38.3 Å². The van der Waals surface area contributed by atoms with Crippen molar-refractivity contribution in [3.05, 3.63) is 11.8 Å². The predicted octanol–water partition coefficient (Wildman–Crippen LogP) is 1.86. The van der Waals surface area contributed by atoms with Crippen molar-refractivity contribution in [1.29, 1.82) is 0 Å². The molecule has 0 radical (unpaired) electrons. The van der Waals surface area contributed by atoms with Gasteiger partial charge in [0.2, 0.25) is 0 Å². The number of allylic oxidation sites excluding steroid dienone is 2. The van der Waals surface area contributed by atoms with Gasteiger partial charge in [-0.1, -0.05) is 6.92 Å². The Hall–Kier alpha value is -0.460. The van der Waals surface area contributed by atoms with E-state index < -0.39 is 0 Å². The van der Waals surface area contributed by atoms with Crippen LogP contribution < -0.4 is 0 Å². The fourth-order valence-electron chi connectivity index (χ4n) is 0.295. The molecule has 1 nitrogen and oxygen atoms in total. The molecule has 1 heteroatoms. The van der Waals surface area contributed by atoms with Gasteiger partial charge in [-0.2, -0.15) is 0 Å². The van der Waals surface area contributed by atoms with Gasteiger partial charge in [-0.3, -0.25) is 0 Å². The van der Waals surface area contributed by atoms with E-state index in [1.807, 2.05) is 6.92 Å². The maximum Gasteiger partial charge on any atom is 0.0851 e. The fraction of sp³-hybridized carbons (Fsp3) is 0.600. The van der Waals surface area contributed by atoms with Crippen molar-refractivity contribution in [2.45, 2.75) is 20.3 Å². The first kappa shape index (κ1) is 5.54. The quantitative estimate of drug-likeness (QED) is 0.483. The van der Waals surface area contributed by atoms with Crippen molar-refractivity contribution in [2.24, 2.45) is 0 Å². The summed E-state index contributed by atoms with van der Waals surface area (Å²) in [7, 11) is 0. The van der Waals surface area contributed by atoms with Gasteiger partial charge in [0.25, 0.3) is 0 Å². The summed E-state index contributed by atoms with van der Waals surface area (Å²) in [4.78, 5) is 0. The SMILES string of the molecule is CCC=C(C)O. The lowest BCUT2D eigenvalue weighted by molar-refractivity contribution is 0.412. The van der Waals surface area contributed by atoms with Crippen molar-refractivity contribution in [3.63, 3.8) is 0 Å². The van der Waals surface area contributed by atoms with Crippen LogP contribution in [0.4, 0.5) is 0 Å². The van der Waals surface area contributed by atoms with Gasteiger partial charge in [0.15, 0.2) is 0 Å². The van der Waals surface area contributed by atoms with Crippen LogP contribution in [0, 0.1) is 0 Å². The molecule has 0 saturated carbocycles.